The predicted molar refractivity (Wildman–Crippen MR) is 88.8 cm³/mol. The molecule has 1 heterocycles. The smallest absolute Gasteiger partial charge is 0.135 e. The molecule has 2 rings (SSSR count). The molecule has 21 heavy (non-hydrogen) atoms. The van der Waals surface area contributed by atoms with Gasteiger partial charge < -0.3 is 10.6 Å². The van der Waals surface area contributed by atoms with Crippen LogP contribution >= 0.6 is 0 Å². The Morgan fingerprint density at radius 1 is 1.00 bits per heavy atom. The lowest BCUT2D eigenvalue weighted by molar-refractivity contribution is 0.844. The molecule has 1 aromatic heterocycles. The monoisotopic (exact) mass is 284 g/mol. The molecule has 0 saturated carbocycles. The van der Waals surface area contributed by atoms with Crippen LogP contribution < -0.4 is 10.6 Å². The molecule has 0 spiro atoms. The third-order valence-electron chi connectivity index (χ3n) is 3.39. The van der Waals surface area contributed by atoms with Crippen LogP contribution in [0.15, 0.2) is 30.6 Å². The first-order valence-corrected chi connectivity index (χ1v) is 7.50. The summed E-state index contributed by atoms with van der Waals surface area (Å²) in [5.74, 6) is 2.20. The van der Waals surface area contributed by atoms with Gasteiger partial charge >= 0.3 is 0 Å². The third kappa shape index (κ3) is 3.94. The van der Waals surface area contributed by atoms with Crippen molar-refractivity contribution in [2.45, 2.75) is 40.2 Å². The van der Waals surface area contributed by atoms with Crippen LogP contribution in [-0.4, -0.2) is 16.5 Å². The molecule has 0 amide bonds. The van der Waals surface area contributed by atoms with E-state index in [4.69, 9.17) is 0 Å². The normalized spacial score (nSPS) is 10.7. The molecule has 2 N–H and O–H groups in total. The molecule has 0 saturated heterocycles. The summed E-state index contributed by atoms with van der Waals surface area (Å²) in [6.45, 7) is 10.1. The van der Waals surface area contributed by atoms with Crippen LogP contribution in [0.4, 0.5) is 11.6 Å². The molecule has 4 heteroatoms. The van der Waals surface area contributed by atoms with E-state index in [-0.39, 0.29) is 0 Å². The number of benzene rings is 1. The molecule has 0 bridgehead atoms. The van der Waals surface area contributed by atoms with Gasteiger partial charge in [-0.05, 0) is 25.3 Å². The zero-order valence-corrected chi connectivity index (χ0v) is 13.3. The molecule has 0 fully saturated rings. The van der Waals surface area contributed by atoms with Crippen molar-refractivity contribution < 1.29 is 0 Å². The van der Waals surface area contributed by atoms with Crippen LogP contribution in [0.25, 0.3) is 0 Å². The second-order valence-electron chi connectivity index (χ2n) is 5.51. The van der Waals surface area contributed by atoms with E-state index in [9.17, 15) is 0 Å². The summed E-state index contributed by atoms with van der Waals surface area (Å²) in [5.41, 5.74) is 3.67. The summed E-state index contributed by atoms with van der Waals surface area (Å²) < 4.78 is 0. The number of aryl methyl sites for hydroxylation is 1. The first-order chi connectivity index (χ1) is 10.1. The number of rotatable bonds is 6. The number of nitrogens with one attached hydrogen (secondary N) is 2. The Morgan fingerprint density at radius 2 is 1.62 bits per heavy atom. The number of aromatic nitrogens is 2. The zero-order chi connectivity index (χ0) is 15.2. The van der Waals surface area contributed by atoms with E-state index in [1.54, 1.807) is 6.33 Å². The molecule has 2 aromatic rings. The van der Waals surface area contributed by atoms with Gasteiger partial charge in [0.25, 0.3) is 0 Å². The molecular formula is C17H24N4. The molecule has 1 aromatic carbocycles. The van der Waals surface area contributed by atoms with Gasteiger partial charge in [0.1, 0.15) is 18.0 Å². The van der Waals surface area contributed by atoms with E-state index in [0.717, 1.165) is 30.3 Å². The second kappa shape index (κ2) is 7.07. The molecule has 0 unspecified atom stereocenters. The lowest BCUT2D eigenvalue weighted by Crippen LogP contribution is -2.11. The maximum atomic E-state index is 4.41. The molecular weight excluding hydrogens is 260 g/mol. The second-order valence-corrected chi connectivity index (χ2v) is 5.51. The van der Waals surface area contributed by atoms with Gasteiger partial charge in [0.15, 0.2) is 0 Å². The maximum Gasteiger partial charge on any atom is 0.135 e. The van der Waals surface area contributed by atoms with E-state index >= 15 is 0 Å². The first kappa shape index (κ1) is 15.3. The van der Waals surface area contributed by atoms with Crippen LogP contribution in [0, 0.1) is 6.92 Å². The minimum atomic E-state index is 0.362. The van der Waals surface area contributed by atoms with Gasteiger partial charge in [0.2, 0.25) is 0 Å². The van der Waals surface area contributed by atoms with Gasteiger partial charge in [-0.3, -0.25) is 0 Å². The Kier molecular flexibility index (Phi) is 5.14. The Balaban J connectivity index is 2.19. The minimum absolute atomic E-state index is 0.362. The predicted octanol–water partition coefficient (Wildman–Crippen LogP) is 3.95. The van der Waals surface area contributed by atoms with Gasteiger partial charge in [-0.1, -0.05) is 43.7 Å². The van der Waals surface area contributed by atoms with Gasteiger partial charge in [-0.15, -0.1) is 0 Å². The van der Waals surface area contributed by atoms with E-state index in [0.29, 0.717) is 5.92 Å². The Bertz CT molecular complexity index is 576. The van der Waals surface area contributed by atoms with Crippen molar-refractivity contribution in [2.24, 2.45) is 0 Å². The van der Waals surface area contributed by atoms with Crippen LogP contribution in [-0.2, 0) is 6.54 Å². The van der Waals surface area contributed by atoms with Crippen LogP contribution in [0.1, 0.15) is 43.4 Å². The standard InChI is InChI=1S/C17H24N4/c1-5-18-16-15(12(2)3)17(21-11-20-16)19-10-14-8-6-13(4)7-9-14/h6-9,11-12H,5,10H2,1-4H3,(H2,18,19,20,21). The Labute approximate surface area is 127 Å². The van der Waals surface area contributed by atoms with Crippen molar-refractivity contribution in [1.82, 2.24) is 9.97 Å². The molecule has 4 nitrogen and oxygen atoms in total. The van der Waals surface area contributed by atoms with Crippen molar-refractivity contribution in [3.8, 4) is 0 Å². The van der Waals surface area contributed by atoms with Crippen molar-refractivity contribution in [3.63, 3.8) is 0 Å². The Hall–Kier alpha value is -2.10. The topological polar surface area (TPSA) is 49.8 Å². The maximum absolute atomic E-state index is 4.41. The van der Waals surface area contributed by atoms with Crippen molar-refractivity contribution in [3.05, 3.63) is 47.3 Å². The highest BCUT2D eigenvalue weighted by atomic mass is 15.1. The minimum Gasteiger partial charge on any atom is -0.370 e. The van der Waals surface area contributed by atoms with Gasteiger partial charge in [0.05, 0.1) is 0 Å². The Morgan fingerprint density at radius 3 is 2.19 bits per heavy atom. The summed E-state index contributed by atoms with van der Waals surface area (Å²) in [6.07, 6.45) is 1.61. The number of hydrogen-bond donors (Lipinski definition) is 2. The van der Waals surface area contributed by atoms with Gasteiger partial charge in [-0.2, -0.15) is 0 Å². The fraction of sp³-hybridized carbons (Fsp3) is 0.412. The zero-order valence-electron chi connectivity index (χ0n) is 13.3. The van der Waals surface area contributed by atoms with Crippen molar-refractivity contribution >= 4 is 11.6 Å². The van der Waals surface area contributed by atoms with Crippen LogP contribution in [0.2, 0.25) is 0 Å². The molecule has 0 aliphatic carbocycles. The number of nitrogens with zero attached hydrogens (tertiary/aromatic N) is 2. The summed E-state index contributed by atoms with van der Waals surface area (Å²) >= 11 is 0. The highest BCUT2D eigenvalue weighted by molar-refractivity contribution is 5.59. The SMILES string of the molecule is CCNc1ncnc(NCc2ccc(C)cc2)c1C(C)C. The van der Waals surface area contributed by atoms with Gasteiger partial charge in [-0.25, -0.2) is 9.97 Å². The lowest BCUT2D eigenvalue weighted by atomic mass is 10.0. The van der Waals surface area contributed by atoms with E-state index in [1.807, 2.05) is 0 Å². The molecule has 112 valence electrons. The largest absolute Gasteiger partial charge is 0.370 e. The highest BCUT2D eigenvalue weighted by Gasteiger charge is 2.14. The number of anilines is 2. The fourth-order valence-electron chi connectivity index (χ4n) is 2.28. The average Bonchev–Trinajstić information content (AvgIpc) is 2.47. The lowest BCUT2D eigenvalue weighted by Gasteiger charge is -2.17. The van der Waals surface area contributed by atoms with Crippen molar-refractivity contribution in [2.75, 3.05) is 17.2 Å². The van der Waals surface area contributed by atoms with E-state index in [1.165, 1.54) is 11.1 Å². The van der Waals surface area contributed by atoms with Crippen LogP contribution in [0.3, 0.4) is 0 Å². The number of hydrogen-bond acceptors (Lipinski definition) is 4. The summed E-state index contributed by atoms with van der Waals surface area (Å²) in [7, 11) is 0. The van der Waals surface area contributed by atoms with Gasteiger partial charge in [0, 0.05) is 18.7 Å². The fourth-order valence-corrected chi connectivity index (χ4v) is 2.28. The highest BCUT2D eigenvalue weighted by Crippen LogP contribution is 2.28. The molecule has 0 radical (unpaired) electrons. The summed E-state index contributed by atoms with van der Waals surface area (Å²) in [6, 6.07) is 8.54. The molecule has 0 aliphatic heterocycles. The quantitative estimate of drug-likeness (QED) is 0.843. The summed E-state index contributed by atoms with van der Waals surface area (Å²) in [4.78, 5) is 8.77. The van der Waals surface area contributed by atoms with Crippen molar-refractivity contribution in [1.29, 1.82) is 0 Å². The molecule has 0 aliphatic rings. The molecule has 0 atom stereocenters. The van der Waals surface area contributed by atoms with Crippen LogP contribution in [0.5, 0.6) is 0 Å². The van der Waals surface area contributed by atoms with E-state index < -0.39 is 0 Å². The first-order valence-electron chi connectivity index (χ1n) is 7.50. The average molecular weight is 284 g/mol. The summed E-state index contributed by atoms with van der Waals surface area (Å²) in [5, 5.41) is 6.75. The van der Waals surface area contributed by atoms with E-state index in [2.05, 4.69) is 72.6 Å². The third-order valence-corrected chi connectivity index (χ3v) is 3.39.